The molecule has 1 saturated heterocycles. The maximum atomic E-state index is 6.42. The van der Waals surface area contributed by atoms with Gasteiger partial charge in [0.1, 0.15) is 17.1 Å². The van der Waals surface area contributed by atoms with E-state index in [1.54, 1.807) is 7.11 Å². The first-order chi connectivity index (χ1) is 10.0. The van der Waals surface area contributed by atoms with Crippen LogP contribution in [0.4, 0.5) is 0 Å². The molecular formula is C17H26N2O2. The second-order valence-electron chi connectivity index (χ2n) is 6.63. The monoisotopic (exact) mass is 290 g/mol. The molecule has 0 radical (unpaired) electrons. The zero-order valence-corrected chi connectivity index (χ0v) is 13.3. The average molecular weight is 290 g/mol. The molecule has 0 saturated carbocycles. The third-order valence-electron chi connectivity index (χ3n) is 4.97. The molecule has 116 valence electrons. The number of benzene rings is 1. The predicted octanol–water partition coefficient (Wildman–Crippen LogP) is 2.72. The van der Waals surface area contributed by atoms with Crippen molar-refractivity contribution in [2.75, 3.05) is 20.2 Å². The van der Waals surface area contributed by atoms with Crippen molar-refractivity contribution in [1.82, 2.24) is 4.90 Å². The molecule has 1 atom stereocenters. The van der Waals surface area contributed by atoms with Gasteiger partial charge >= 0.3 is 0 Å². The molecular weight excluding hydrogens is 264 g/mol. The van der Waals surface area contributed by atoms with Crippen molar-refractivity contribution < 1.29 is 9.47 Å². The molecule has 1 spiro atoms. The van der Waals surface area contributed by atoms with E-state index in [0.29, 0.717) is 6.04 Å². The van der Waals surface area contributed by atoms with Crippen molar-refractivity contribution in [3.05, 3.63) is 23.8 Å². The molecule has 2 aliphatic heterocycles. The summed E-state index contributed by atoms with van der Waals surface area (Å²) >= 11 is 0. The first kappa shape index (κ1) is 14.7. The number of methoxy groups -OCH3 is 1. The predicted molar refractivity (Wildman–Crippen MR) is 83.8 cm³/mol. The molecule has 0 aliphatic carbocycles. The lowest BCUT2D eigenvalue weighted by Gasteiger charge is -2.47. The first-order valence-electron chi connectivity index (χ1n) is 7.89. The van der Waals surface area contributed by atoms with Crippen LogP contribution < -0.4 is 15.2 Å². The van der Waals surface area contributed by atoms with Crippen LogP contribution in [0.5, 0.6) is 11.5 Å². The highest BCUT2D eigenvalue weighted by atomic mass is 16.5. The molecule has 1 aromatic carbocycles. The van der Waals surface area contributed by atoms with Gasteiger partial charge in [-0.15, -0.1) is 0 Å². The highest BCUT2D eigenvalue weighted by molar-refractivity contribution is 5.44. The van der Waals surface area contributed by atoms with Crippen molar-refractivity contribution >= 4 is 0 Å². The van der Waals surface area contributed by atoms with Gasteiger partial charge in [-0.3, -0.25) is 0 Å². The molecule has 0 amide bonds. The fraction of sp³-hybridized carbons (Fsp3) is 0.647. The number of nitrogens with two attached hydrogens (primary N) is 1. The Balaban J connectivity index is 1.79. The maximum absolute atomic E-state index is 6.42. The van der Waals surface area contributed by atoms with Crippen LogP contribution >= 0.6 is 0 Å². The number of fused-ring (bicyclic) bond motifs is 1. The molecule has 1 unspecified atom stereocenters. The van der Waals surface area contributed by atoms with E-state index in [1.165, 1.54) is 0 Å². The summed E-state index contributed by atoms with van der Waals surface area (Å²) in [7, 11) is 1.68. The Bertz CT molecular complexity index is 508. The molecule has 1 aromatic rings. The van der Waals surface area contributed by atoms with E-state index < -0.39 is 0 Å². The fourth-order valence-corrected chi connectivity index (χ4v) is 3.58. The molecule has 1 fully saturated rings. The van der Waals surface area contributed by atoms with E-state index in [9.17, 15) is 0 Å². The molecule has 4 nitrogen and oxygen atoms in total. The number of ether oxygens (including phenoxy) is 2. The van der Waals surface area contributed by atoms with E-state index >= 15 is 0 Å². The van der Waals surface area contributed by atoms with Crippen LogP contribution in [0.15, 0.2) is 18.2 Å². The Labute approximate surface area is 127 Å². The first-order valence-corrected chi connectivity index (χ1v) is 7.89. The zero-order chi connectivity index (χ0) is 15.0. The molecule has 0 bridgehead atoms. The quantitative estimate of drug-likeness (QED) is 0.910. The van der Waals surface area contributed by atoms with Crippen LogP contribution in [0, 0.1) is 0 Å². The van der Waals surface area contributed by atoms with E-state index in [2.05, 4.69) is 18.7 Å². The Morgan fingerprint density at radius 3 is 2.67 bits per heavy atom. The van der Waals surface area contributed by atoms with Gasteiger partial charge in [0.2, 0.25) is 0 Å². The number of piperidine rings is 1. The fourth-order valence-electron chi connectivity index (χ4n) is 3.58. The van der Waals surface area contributed by atoms with Gasteiger partial charge in [-0.05, 0) is 44.9 Å². The van der Waals surface area contributed by atoms with Gasteiger partial charge in [0.05, 0.1) is 7.11 Å². The average Bonchev–Trinajstić information content (AvgIpc) is 2.47. The van der Waals surface area contributed by atoms with Crippen LogP contribution in [0.2, 0.25) is 0 Å². The van der Waals surface area contributed by atoms with E-state index in [0.717, 1.165) is 49.4 Å². The summed E-state index contributed by atoms with van der Waals surface area (Å²) in [5, 5.41) is 0. The minimum absolute atomic E-state index is 0.0365. The minimum atomic E-state index is -0.0770. The van der Waals surface area contributed by atoms with Crippen LogP contribution in [0.25, 0.3) is 0 Å². The zero-order valence-electron chi connectivity index (χ0n) is 13.3. The number of likely N-dealkylation sites (tertiary alicyclic amines) is 1. The Morgan fingerprint density at radius 1 is 1.33 bits per heavy atom. The van der Waals surface area contributed by atoms with Gasteiger partial charge in [0.15, 0.2) is 0 Å². The van der Waals surface area contributed by atoms with Crippen LogP contribution in [-0.2, 0) is 0 Å². The normalized spacial score (nSPS) is 24.7. The number of hydrogen-bond donors (Lipinski definition) is 1. The van der Waals surface area contributed by atoms with E-state index in [-0.39, 0.29) is 11.6 Å². The topological polar surface area (TPSA) is 47.7 Å². The summed E-state index contributed by atoms with van der Waals surface area (Å²) < 4.78 is 11.7. The summed E-state index contributed by atoms with van der Waals surface area (Å²) in [5.74, 6) is 1.78. The van der Waals surface area contributed by atoms with Gasteiger partial charge in [0, 0.05) is 37.2 Å². The van der Waals surface area contributed by atoms with Crippen molar-refractivity contribution in [3.8, 4) is 11.5 Å². The third kappa shape index (κ3) is 2.74. The SMILES string of the molecule is COc1ccc2c(c1)C(N)CC1(CCN(C(C)C)CC1)O2. The second kappa shape index (κ2) is 5.50. The van der Waals surface area contributed by atoms with Crippen molar-refractivity contribution in [2.45, 2.75) is 50.8 Å². The Hall–Kier alpha value is -1.26. The Morgan fingerprint density at radius 2 is 2.05 bits per heavy atom. The van der Waals surface area contributed by atoms with E-state index in [1.807, 2.05) is 18.2 Å². The van der Waals surface area contributed by atoms with Crippen LogP contribution in [0.1, 0.15) is 44.7 Å². The highest BCUT2D eigenvalue weighted by Crippen LogP contribution is 2.44. The maximum Gasteiger partial charge on any atom is 0.125 e. The van der Waals surface area contributed by atoms with Gasteiger partial charge in [-0.1, -0.05) is 0 Å². The summed E-state index contributed by atoms with van der Waals surface area (Å²) in [5.41, 5.74) is 7.42. The summed E-state index contributed by atoms with van der Waals surface area (Å²) in [6.45, 7) is 6.70. The lowest BCUT2D eigenvalue weighted by Crippen LogP contribution is -2.52. The van der Waals surface area contributed by atoms with Gasteiger partial charge in [-0.2, -0.15) is 0 Å². The molecule has 4 heteroatoms. The standard InChI is InChI=1S/C17H26N2O2/c1-12(2)19-8-6-17(7-9-19)11-15(18)14-10-13(20-3)4-5-16(14)21-17/h4-5,10,12,15H,6-9,11,18H2,1-3H3. The van der Waals surface area contributed by atoms with Gasteiger partial charge in [-0.25, -0.2) is 0 Å². The minimum Gasteiger partial charge on any atom is -0.497 e. The lowest BCUT2D eigenvalue weighted by molar-refractivity contribution is -0.0279. The van der Waals surface area contributed by atoms with Crippen LogP contribution in [0.3, 0.4) is 0 Å². The summed E-state index contributed by atoms with van der Waals surface area (Å²) in [4.78, 5) is 2.52. The molecule has 0 aromatic heterocycles. The second-order valence-corrected chi connectivity index (χ2v) is 6.63. The Kier molecular flexibility index (Phi) is 3.84. The lowest BCUT2D eigenvalue weighted by atomic mass is 9.80. The van der Waals surface area contributed by atoms with Crippen LogP contribution in [-0.4, -0.2) is 36.7 Å². The van der Waals surface area contributed by atoms with Crippen molar-refractivity contribution in [2.24, 2.45) is 5.73 Å². The summed E-state index contributed by atoms with van der Waals surface area (Å²) in [6.07, 6.45) is 3.02. The molecule has 3 rings (SSSR count). The number of nitrogens with zero attached hydrogens (tertiary/aromatic N) is 1. The summed E-state index contributed by atoms with van der Waals surface area (Å²) in [6, 6.07) is 6.61. The van der Waals surface area contributed by atoms with Gasteiger partial charge in [0.25, 0.3) is 0 Å². The highest BCUT2D eigenvalue weighted by Gasteiger charge is 2.42. The molecule has 2 aliphatic rings. The number of hydrogen-bond acceptors (Lipinski definition) is 4. The molecule has 21 heavy (non-hydrogen) atoms. The smallest absolute Gasteiger partial charge is 0.125 e. The third-order valence-corrected chi connectivity index (χ3v) is 4.97. The molecule has 2 N–H and O–H groups in total. The van der Waals surface area contributed by atoms with Gasteiger partial charge < -0.3 is 20.1 Å². The number of rotatable bonds is 2. The largest absolute Gasteiger partial charge is 0.497 e. The molecule has 2 heterocycles. The van der Waals surface area contributed by atoms with Crippen molar-refractivity contribution in [3.63, 3.8) is 0 Å². The van der Waals surface area contributed by atoms with Crippen molar-refractivity contribution in [1.29, 1.82) is 0 Å². The van der Waals surface area contributed by atoms with E-state index in [4.69, 9.17) is 15.2 Å².